The third kappa shape index (κ3) is 4.54. The number of nitrogens with zero attached hydrogens (tertiary/aromatic N) is 2. The Morgan fingerprint density at radius 3 is 2.53 bits per heavy atom. The van der Waals surface area contributed by atoms with Gasteiger partial charge in [0.05, 0.1) is 19.8 Å². The SMILES string of the molecule is COc1cccc(C(=O)N2CC[C@H](c3cc(Nc4ccc(C)cc4)cc(C)n3)C2)c1OC. The van der Waals surface area contributed by atoms with Crippen molar-refractivity contribution in [3.8, 4) is 11.5 Å². The standard InChI is InChI=1S/C26H29N3O3/c1-17-8-10-20(11-9-17)28-21-14-18(2)27-23(15-21)19-12-13-29(16-19)26(30)22-6-5-7-24(31-3)25(22)32-4/h5-11,14-15,19H,12-13,16H2,1-4H3,(H,27,28)/t19-/m0/s1. The molecule has 4 rings (SSSR count). The first-order chi connectivity index (χ1) is 15.5. The van der Waals surface area contributed by atoms with Crippen LogP contribution in [0, 0.1) is 13.8 Å². The number of ether oxygens (including phenoxy) is 2. The molecule has 1 aliphatic rings. The molecule has 1 atom stereocenters. The second-order valence-corrected chi connectivity index (χ2v) is 8.19. The quantitative estimate of drug-likeness (QED) is 0.589. The number of para-hydroxylation sites is 1. The first-order valence-corrected chi connectivity index (χ1v) is 10.8. The number of carbonyl (C=O) groups is 1. The maximum Gasteiger partial charge on any atom is 0.257 e. The number of amides is 1. The monoisotopic (exact) mass is 431 g/mol. The van der Waals surface area contributed by atoms with E-state index >= 15 is 0 Å². The van der Waals surface area contributed by atoms with Crippen LogP contribution in [0.1, 0.15) is 39.6 Å². The van der Waals surface area contributed by atoms with Gasteiger partial charge in [-0.25, -0.2) is 0 Å². The van der Waals surface area contributed by atoms with Crippen LogP contribution in [0.5, 0.6) is 11.5 Å². The Balaban J connectivity index is 1.51. The minimum atomic E-state index is -0.0473. The molecule has 6 nitrogen and oxygen atoms in total. The summed E-state index contributed by atoms with van der Waals surface area (Å²) in [7, 11) is 3.13. The van der Waals surface area contributed by atoms with Gasteiger partial charge in [0.15, 0.2) is 11.5 Å². The van der Waals surface area contributed by atoms with Crippen LogP contribution in [0.2, 0.25) is 0 Å². The molecule has 1 aliphatic heterocycles. The first-order valence-electron chi connectivity index (χ1n) is 10.8. The van der Waals surface area contributed by atoms with Gasteiger partial charge in [0, 0.05) is 41.8 Å². The number of aromatic nitrogens is 1. The number of pyridine rings is 1. The molecule has 0 aliphatic carbocycles. The van der Waals surface area contributed by atoms with Gasteiger partial charge >= 0.3 is 0 Å². The van der Waals surface area contributed by atoms with Crippen LogP contribution in [0.3, 0.4) is 0 Å². The number of carbonyl (C=O) groups excluding carboxylic acids is 1. The maximum atomic E-state index is 13.2. The molecule has 1 N–H and O–H groups in total. The number of nitrogens with one attached hydrogen (secondary N) is 1. The third-order valence-corrected chi connectivity index (χ3v) is 5.84. The number of benzene rings is 2. The summed E-state index contributed by atoms with van der Waals surface area (Å²) in [6.07, 6.45) is 0.873. The highest BCUT2D eigenvalue weighted by Gasteiger charge is 2.31. The van der Waals surface area contributed by atoms with Gasteiger partial charge in [-0.15, -0.1) is 0 Å². The van der Waals surface area contributed by atoms with E-state index in [1.165, 1.54) is 5.56 Å². The molecule has 0 spiro atoms. The Kier molecular flexibility index (Phi) is 6.30. The summed E-state index contributed by atoms with van der Waals surface area (Å²) in [6.45, 7) is 5.38. The average molecular weight is 432 g/mol. The van der Waals surface area contributed by atoms with Gasteiger partial charge in [-0.2, -0.15) is 0 Å². The Morgan fingerprint density at radius 2 is 1.81 bits per heavy atom. The van der Waals surface area contributed by atoms with E-state index in [0.717, 1.165) is 29.2 Å². The molecular weight excluding hydrogens is 402 g/mol. The maximum absolute atomic E-state index is 13.2. The highest BCUT2D eigenvalue weighted by Crippen LogP contribution is 2.34. The lowest BCUT2D eigenvalue weighted by atomic mass is 10.0. The van der Waals surface area contributed by atoms with E-state index < -0.39 is 0 Å². The highest BCUT2D eigenvalue weighted by atomic mass is 16.5. The van der Waals surface area contributed by atoms with Crippen LogP contribution in [0.25, 0.3) is 0 Å². The van der Waals surface area contributed by atoms with Crippen molar-refractivity contribution in [2.75, 3.05) is 32.6 Å². The third-order valence-electron chi connectivity index (χ3n) is 5.84. The molecule has 0 saturated carbocycles. The average Bonchev–Trinajstić information content (AvgIpc) is 3.29. The number of rotatable bonds is 6. The van der Waals surface area contributed by atoms with E-state index in [1.54, 1.807) is 26.4 Å². The molecule has 1 aromatic heterocycles. The number of methoxy groups -OCH3 is 2. The summed E-state index contributed by atoms with van der Waals surface area (Å²) in [6, 6.07) is 17.8. The smallest absolute Gasteiger partial charge is 0.257 e. The topological polar surface area (TPSA) is 63.7 Å². The van der Waals surface area contributed by atoms with Gasteiger partial charge in [0.2, 0.25) is 0 Å². The number of hydrogen-bond acceptors (Lipinski definition) is 5. The zero-order chi connectivity index (χ0) is 22.7. The van der Waals surface area contributed by atoms with E-state index in [9.17, 15) is 4.79 Å². The van der Waals surface area contributed by atoms with Crippen LogP contribution in [-0.2, 0) is 0 Å². The second kappa shape index (κ2) is 9.30. The molecule has 1 amide bonds. The van der Waals surface area contributed by atoms with Crippen molar-refractivity contribution in [2.24, 2.45) is 0 Å². The Bertz CT molecular complexity index is 1110. The first kappa shape index (κ1) is 21.7. The number of hydrogen-bond donors (Lipinski definition) is 1. The molecule has 0 bridgehead atoms. The van der Waals surface area contributed by atoms with E-state index in [4.69, 9.17) is 14.5 Å². The van der Waals surface area contributed by atoms with Crippen molar-refractivity contribution < 1.29 is 14.3 Å². The molecular formula is C26H29N3O3. The van der Waals surface area contributed by atoms with Gasteiger partial charge in [0.1, 0.15) is 0 Å². The number of likely N-dealkylation sites (tertiary alicyclic amines) is 1. The van der Waals surface area contributed by atoms with Crippen molar-refractivity contribution >= 4 is 17.3 Å². The largest absolute Gasteiger partial charge is 0.493 e. The Hall–Kier alpha value is -3.54. The fourth-order valence-corrected chi connectivity index (χ4v) is 4.19. The van der Waals surface area contributed by atoms with Crippen LogP contribution in [0.4, 0.5) is 11.4 Å². The van der Waals surface area contributed by atoms with Crippen LogP contribution >= 0.6 is 0 Å². The summed E-state index contributed by atoms with van der Waals surface area (Å²) < 4.78 is 10.8. The van der Waals surface area contributed by atoms with E-state index in [2.05, 4.69) is 42.6 Å². The summed E-state index contributed by atoms with van der Waals surface area (Å²) in [5.41, 5.74) is 5.76. The van der Waals surface area contributed by atoms with E-state index in [1.807, 2.05) is 24.0 Å². The molecule has 2 aromatic carbocycles. The van der Waals surface area contributed by atoms with Crippen LogP contribution in [0.15, 0.2) is 54.6 Å². The molecule has 0 unspecified atom stereocenters. The highest BCUT2D eigenvalue weighted by molar-refractivity contribution is 5.98. The van der Waals surface area contributed by atoms with Crippen molar-refractivity contribution in [3.05, 3.63) is 77.1 Å². The van der Waals surface area contributed by atoms with Crippen LogP contribution in [-0.4, -0.2) is 43.1 Å². The molecule has 0 radical (unpaired) electrons. The predicted octanol–water partition coefficient (Wildman–Crippen LogP) is 5.09. The minimum Gasteiger partial charge on any atom is -0.493 e. The predicted molar refractivity (Wildman–Crippen MR) is 126 cm³/mol. The summed E-state index contributed by atoms with van der Waals surface area (Å²) in [5.74, 6) is 1.17. The van der Waals surface area contributed by atoms with Crippen LogP contribution < -0.4 is 14.8 Å². The molecule has 2 heterocycles. The van der Waals surface area contributed by atoms with Gasteiger partial charge in [0.25, 0.3) is 5.91 Å². The van der Waals surface area contributed by atoms with Gasteiger partial charge in [-0.1, -0.05) is 23.8 Å². The lowest BCUT2D eigenvalue weighted by Gasteiger charge is -2.19. The molecule has 32 heavy (non-hydrogen) atoms. The summed E-state index contributed by atoms with van der Waals surface area (Å²) in [4.78, 5) is 19.9. The zero-order valence-electron chi connectivity index (χ0n) is 19.0. The minimum absolute atomic E-state index is 0.0473. The van der Waals surface area contributed by atoms with Gasteiger partial charge in [-0.3, -0.25) is 9.78 Å². The van der Waals surface area contributed by atoms with E-state index in [-0.39, 0.29) is 11.8 Å². The fraction of sp³-hybridized carbons (Fsp3) is 0.308. The lowest BCUT2D eigenvalue weighted by molar-refractivity contribution is 0.0786. The van der Waals surface area contributed by atoms with Crippen molar-refractivity contribution in [1.29, 1.82) is 0 Å². The van der Waals surface area contributed by atoms with Gasteiger partial charge in [-0.05, 0) is 56.7 Å². The fourth-order valence-electron chi connectivity index (χ4n) is 4.19. The number of aryl methyl sites for hydroxylation is 2. The lowest BCUT2D eigenvalue weighted by Crippen LogP contribution is -2.29. The summed E-state index contributed by atoms with van der Waals surface area (Å²) in [5, 5.41) is 3.47. The van der Waals surface area contributed by atoms with Crippen molar-refractivity contribution in [2.45, 2.75) is 26.2 Å². The van der Waals surface area contributed by atoms with E-state index in [0.29, 0.717) is 30.2 Å². The normalized spacial score (nSPS) is 15.5. The summed E-state index contributed by atoms with van der Waals surface area (Å²) >= 11 is 0. The molecule has 166 valence electrons. The Morgan fingerprint density at radius 1 is 1.03 bits per heavy atom. The van der Waals surface area contributed by atoms with Gasteiger partial charge < -0.3 is 19.7 Å². The zero-order valence-corrected chi connectivity index (χ0v) is 19.0. The van der Waals surface area contributed by atoms with Crippen molar-refractivity contribution in [1.82, 2.24) is 9.88 Å². The Labute approximate surface area is 189 Å². The second-order valence-electron chi connectivity index (χ2n) is 8.19. The molecule has 1 fully saturated rings. The molecule has 6 heteroatoms. The molecule has 3 aromatic rings. The van der Waals surface area contributed by atoms with Crippen molar-refractivity contribution in [3.63, 3.8) is 0 Å². The molecule has 1 saturated heterocycles. The number of anilines is 2.